The molecule has 0 saturated heterocycles. The Morgan fingerprint density at radius 2 is 1.59 bits per heavy atom. The second-order valence-electron chi connectivity index (χ2n) is 6.43. The van der Waals surface area contributed by atoms with E-state index in [0.29, 0.717) is 16.1 Å². The fourth-order valence-corrected chi connectivity index (χ4v) is 3.51. The van der Waals surface area contributed by atoms with Gasteiger partial charge in [-0.1, -0.05) is 71.7 Å². The Hall–Kier alpha value is -3.08. The number of ketones is 1. The lowest BCUT2D eigenvalue weighted by Crippen LogP contribution is -2.20. The number of carbonyl (C=O) groups excluding carboxylic acids is 2. The number of hydrogen-bond acceptors (Lipinski definition) is 3. The molecule has 1 atom stereocenters. The number of H-pyrrole nitrogens is 1. The molecule has 144 valence electrons. The third kappa shape index (κ3) is 3.90. The van der Waals surface area contributed by atoms with Crippen molar-refractivity contribution >= 4 is 45.9 Å². The molecular weight excluding hydrogens is 409 g/mol. The largest absolute Gasteiger partial charge is 0.445 e. The van der Waals surface area contributed by atoms with E-state index in [-0.39, 0.29) is 16.4 Å². The molecule has 0 aliphatic carbocycles. The molecule has 6 heteroatoms. The summed E-state index contributed by atoms with van der Waals surface area (Å²) in [5.74, 6) is -1.06. The zero-order chi connectivity index (χ0) is 20.4. The number of aromatic amines is 1. The topological polar surface area (TPSA) is 59.2 Å². The lowest BCUT2D eigenvalue weighted by Gasteiger charge is -2.17. The van der Waals surface area contributed by atoms with Crippen molar-refractivity contribution in [3.8, 4) is 0 Å². The number of ether oxygens (including phenoxy) is 1. The van der Waals surface area contributed by atoms with E-state index in [1.165, 1.54) is 12.1 Å². The fourth-order valence-electron chi connectivity index (χ4n) is 3.14. The van der Waals surface area contributed by atoms with E-state index in [2.05, 4.69) is 4.98 Å². The monoisotopic (exact) mass is 423 g/mol. The van der Waals surface area contributed by atoms with Crippen LogP contribution in [-0.2, 0) is 4.74 Å². The summed E-state index contributed by atoms with van der Waals surface area (Å²) in [7, 11) is 0. The number of benzene rings is 3. The number of esters is 1. The highest BCUT2D eigenvalue weighted by Gasteiger charge is 2.29. The van der Waals surface area contributed by atoms with Gasteiger partial charge in [-0.15, -0.1) is 0 Å². The first-order valence-electron chi connectivity index (χ1n) is 8.86. The van der Waals surface area contributed by atoms with Crippen LogP contribution in [0.5, 0.6) is 0 Å². The summed E-state index contributed by atoms with van der Waals surface area (Å²) in [6, 6.07) is 20.8. The van der Waals surface area contributed by atoms with Crippen molar-refractivity contribution < 1.29 is 14.3 Å². The summed E-state index contributed by atoms with van der Waals surface area (Å²) in [5, 5.41) is 1.31. The third-order valence-corrected chi connectivity index (χ3v) is 5.13. The van der Waals surface area contributed by atoms with Gasteiger partial charge in [0.2, 0.25) is 5.78 Å². The van der Waals surface area contributed by atoms with E-state index in [1.807, 2.05) is 30.3 Å². The van der Waals surface area contributed by atoms with Crippen molar-refractivity contribution in [3.63, 3.8) is 0 Å². The molecule has 0 amide bonds. The van der Waals surface area contributed by atoms with Crippen LogP contribution in [-0.4, -0.2) is 16.7 Å². The maximum atomic E-state index is 13.4. The number of Topliss-reactive ketones (excluding diaryl/α,β-unsaturated/α-hetero) is 1. The maximum Gasteiger partial charge on any atom is 0.340 e. The highest BCUT2D eigenvalue weighted by molar-refractivity contribution is 6.35. The molecule has 0 aliphatic heterocycles. The van der Waals surface area contributed by atoms with Crippen LogP contribution in [0.3, 0.4) is 0 Å². The predicted octanol–water partition coefficient (Wildman–Crippen LogP) is 6.26. The first-order chi connectivity index (χ1) is 14.0. The Morgan fingerprint density at radius 1 is 0.862 bits per heavy atom. The van der Waals surface area contributed by atoms with E-state index < -0.39 is 12.1 Å². The van der Waals surface area contributed by atoms with Gasteiger partial charge in [0.05, 0.1) is 10.6 Å². The molecule has 4 aromatic rings. The summed E-state index contributed by atoms with van der Waals surface area (Å²) in [6.07, 6.45) is 0.501. The van der Waals surface area contributed by atoms with Gasteiger partial charge in [0.1, 0.15) is 0 Å². The molecule has 0 bridgehead atoms. The lowest BCUT2D eigenvalue weighted by atomic mass is 9.99. The van der Waals surface area contributed by atoms with Crippen LogP contribution < -0.4 is 0 Å². The molecule has 4 nitrogen and oxygen atoms in total. The summed E-state index contributed by atoms with van der Waals surface area (Å²) >= 11 is 12.1. The first kappa shape index (κ1) is 19.2. The molecule has 1 heterocycles. The molecule has 0 unspecified atom stereocenters. The van der Waals surface area contributed by atoms with Crippen LogP contribution >= 0.6 is 23.2 Å². The van der Waals surface area contributed by atoms with Crippen LogP contribution in [0.4, 0.5) is 0 Å². The maximum absolute atomic E-state index is 13.4. The first-order valence-corrected chi connectivity index (χ1v) is 9.61. The van der Waals surface area contributed by atoms with Crippen molar-refractivity contribution in [1.82, 2.24) is 4.98 Å². The molecule has 4 rings (SSSR count). The Morgan fingerprint density at radius 3 is 2.38 bits per heavy atom. The minimum Gasteiger partial charge on any atom is -0.445 e. The Balaban J connectivity index is 1.73. The molecule has 1 N–H and O–H groups in total. The van der Waals surface area contributed by atoms with E-state index >= 15 is 0 Å². The van der Waals surface area contributed by atoms with Crippen LogP contribution in [0.1, 0.15) is 32.4 Å². The predicted molar refractivity (Wildman–Crippen MR) is 114 cm³/mol. The molecular formula is C23H15Cl2NO3. The van der Waals surface area contributed by atoms with Gasteiger partial charge in [-0.3, -0.25) is 4.79 Å². The van der Waals surface area contributed by atoms with Gasteiger partial charge < -0.3 is 9.72 Å². The molecule has 0 radical (unpaired) electrons. The smallest absolute Gasteiger partial charge is 0.340 e. The van der Waals surface area contributed by atoms with Crippen LogP contribution in [0.15, 0.2) is 79.0 Å². The second kappa shape index (κ2) is 8.11. The number of para-hydroxylation sites is 1. The highest BCUT2D eigenvalue weighted by Crippen LogP contribution is 2.29. The van der Waals surface area contributed by atoms with Gasteiger partial charge >= 0.3 is 5.97 Å². The van der Waals surface area contributed by atoms with E-state index in [4.69, 9.17) is 27.9 Å². The van der Waals surface area contributed by atoms with E-state index in [0.717, 1.165) is 10.9 Å². The molecule has 0 aliphatic rings. The highest BCUT2D eigenvalue weighted by atomic mass is 35.5. The Bertz CT molecular complexity index is 1200. The summed E-state index contributed by atoms with van der Waals surface area (Å²) in [6.45, 7) is 0. The summed E-state index contributed by atoms with van der Waals surface area (Å²) < 4.78 is 5.65. The SMILES string of the molecule is O=C(O[C@@H](C(=O)c1c[nH]c2ccccc12)c1ccccc1)c1cc(Cl)ccc1Cl. The zero-order valence-electron chi connectivity index (χ0n) is 15.1. The van der Waals surface area contributed by atoms with Crippen LogP contribution in [0, 0.1) is 0 Å². The Kier molecular flexibility index (Phi) is 5.38. The number of fused-ring (bicyclic) bond motifs is 1. The van der Waals surface area contributed by atoms with Gasteiger partial charge in [-0.25, -0.2) is 4.79 Å². The molecule has 29 heavy (non-hydrogen) atoms. The minimum atomic E-state index is -1.13. The summed E-state index contributed by atoms with van der Waals surface area (Å²) in [5.41, 5.74) is 1.94. The molecule has 0 saturated carbocycles. The average Bonchev–Trinajstić information content (AvgIpc) is 3.18. The van der Waals surface area contributed by atoms with Crippen molar-refractivity contribution in [2.24, 2.45) is 0 Å². The van der Waals surface area contributed by atoms with Crippen LogP contribution in [0.2, 0.25) is 10.0 Å². The van der Waals surface area contributed by atoms with Crippen LogP contribution in [0.25, 0.3) is 10.9 Å². The number of hydrogen-bond donors (Lipinski definition) is 1. The summed E-state index contributed by atoms with van der Waals surface area (Å²) in [4.78, 5) is 29.3. The lowest BCUT2D eigenvalue weighted by molar-refractivity contribution is 0.0281. The number of rotatable bonds is 5. The second-order valence-corrected chi connectivity index (χ2v) is 7.28. The molecule has 1 aromatic heterocycles. The van der Waals surface area contributed by atoms with Crippen molar-refractivity contribution in [3.05, 3.63) is 106 Å². The number of aromatic nitrogens is 1. The third-order valence-electron chi connectivity index (χ3n) is 4.57. The van der Waals surface area contributed by atoms with Crippen molar-refractivity contribution in [2.45, 2.75) is 6.10 Å². The quantitative estimate of drug-likeness (QED) is 0.304. The average molecular weight is 424 g/mol. The molecule has 3 aromatic carbocycles. The zero-order valence-corrected chi connectivity index (χ0v) is 16.6. The van der Waals surface area contributed by atoms with Gasteiger partial charge in [0.15, 0.2) is 6.10 Å². The van der Waals surface area contributed by atoms with Gasteiger partial charge in [-0.2, -0.15) is 0 Å². The van der Waals surface area contributed by atoms with Crippen molar-refractivity contribution in [2.75, 3.05) is 0 Å². The molecule has 0 fully saturated rings. The van der Waals surface area contributed by atoms with E-state index in [1.54, 1.807) is 36.5 Å². The molecule has 0 spiro atoms. The standard InChI is InChI=1S/C23H15Cl2NO3/c24-15-10-11-19(25)17(12-15)23(28)29-22(14-6-2-1-3-7-14)21(27)18-13-26-20-9-5-4-8-16(18)20/h1-13,22,26H/t22-/m1/s1. The van der Waals surface area contributed by atoms with Gasteiger partial charge in [0, 0.05) is 33.2 Å². The Labute approximate surface area is 177 Å². The fraction of sp³-hybridized carbons (Fsp3) is 0.0435. The van der Waals surface area contributed by atoms with Gasteiger partial charge in [0.25, 0.3) is 0 Å². The number of halogens is 2. The van der Waals surface area contributed by atoms with Gasteiger partial charge in [-0.05, 0) is 24.3 Å². The number of nitrogens with one attached hydrogen (secondary N) is 1. The normalized spacial score (nSPS) is 11.9. The van der Waals surface area contributed by atoms with E-state index in [9.17, 15) is 9.59 Å². The minimum absolute atomic E-state index is 0.104. The van der Waals surface area contributed by atoms with Crippen molar-refractivity contribution in [1.29, 1.82) is 0 Å². The number of carbonyl (C=O) groups is 2.